The van der Waals surface area contributed by atoms with Crippen molar-refractivity contribution < 1.29 is 13.9 Å². The highest BCUT2D eigenvalue weighted by Crippen LogP contribution is 2.20. The summed E-state index contributed by atoms with van der Waals surface area (Å²) in [5, 5.41) is 8.98. The molecule has 0 bridgehead atoms. The van der Waals surface area contributed by atoms with Gasteiger partial charge in [-0.25, -0.2) is 8.78 Å². The summed E-state index contributed by atoms with van der Waals surface area (Å²) < 4.78 is 26.5. The van der Waals surface area contributed by atoms with Gasteiger partial charge in [-0.05, 0) is 19.1 Å². The van der Waals surface area contributed by atoms with E-state index in [1.165, 1.54) is 19.1 Å². The van der Waals surface area contributed by atoms with Crippen LogP contribution in [0.5, 0.6) is 0 Å². The molecule has 0 spiro atoms. The summed E-state index contributed by atoms with van der Waals surface area (Å²) in [5.74, 6) is -1.26. The molecule has 72 valence electrons. The Hall–Kier alpha value is -0.480. The molecule has 0 saturated carbocycles. The van der Waals surface area contributed by atoms with E-state index >= 15 is 0 Å². The molecule has 0 aliphatic rings. The van der Waals surface area contributed by atoms with Gasteiger partial charge in [-0.3, -0.25) is 0 Å². The maximum atomic E-state index is 13.1. The van der Waals surface area contributed by atoms with Crippen molar-refractivity contribution in [2.24, 2.45) is 0 Å². The Morgan fingerprint density at radius 1 is 1.38 bits per heavy atom. The van der Waals surface area contributed by atoms with Crippen LogP contribution in [-0.4, -0.2) is 11.2 Å². The summed E-state index contributed by atoms with van der Waals surface area (Å²) in [6.45, 7) is 1.49. The number of hydrogen-bond acceptors (Lipinski definition) is 1. The van der Waals surface area contributed by atoms with E-state index in [1.807, 2.05) is 0 Å². The summed E-state index contributed by atoms with van der Waals surface area (Å²) in [7, 11) is 0. The van der Waals surface area contributed by atoms with E-state index in [0.29, 0.717) is 4.47 Å². The van der Waals surface area contributed by atoms with Gasteiger partial charge in [-0.15, -0.1) is 0 Å². The molecule has 0 amide bonds. The maximum Gasteiger partial charge on any atom is 0.130 e. The molecule has 0 fully saturated rings. The Morgan fingerprint density at radius 3 is 2.23 bits per heavy atom. The molecule has 1 atom stereocenters. The van der Waals surface area contributed by atoms with E-state index in [9.17, 15) is 8.78 Å². The van der Waals surface area contributed by atoms with Gasteiger partial charge >= 0.3 is 0 Å². The highest BCUT2D eigenvalue weighted by Gasteiger charge is 2.12. The highest BCUT2D eigenvalue weighted by atomic mass is 79.9. The lowest BCUT2D eigenvalue weighted by Gasteiger charge is -2.07. The second kappa shape index (κ2) is 4.15. The topological polar surface area (TPSA) is 20.2 Å². The molecule has 13 heavy (non-hydrogen) atoms. The lowest BCUT2D eigenvalue weighted by Crippen LogP contribution is -2.08. The zero-order valence-electron chi connectivity index (χ0n) is 7.02. The molecule has 0 aliphatic heterocycles. The molecular weight excluding hydrogens is 242 g/mol. The molecular formula is C9H9BrF2O. The summed E-state index contributed by atoms with van der Waals surface area (Å²) in [5.41, 5.74) is -0.0711. The molecule has 1 aromatic rings. The predicted molar refractivity (Wildman–Crippen MR) is 49.4 cm³/mol. The first kappa shape index (κ1) is 10.6. The zero-order valence-corrected chi connectivity index (χ0v) is 8.61. The summed E-state index contributed by atoms with van der Waals surface area (Å²) in [6, 6.07) is 2.36. The van der Waals surface area contributed by atoms with Crippen LogP contribution in [0.15, 0.2) is 16.6 Å². The second-order valence-corrected chi connectivity index (χ2v) is 3.82. The molecule has 1 rings (SSSR count). The molecule has 1 nitrogen and oxygen atoms in total. The number of aliphatic hydroxyl groups is 1. The lowest BCUT2D eigenvalue weighted by atomic mass is 10.1. The quantitative estimate of drug-likeness (QED) is 0.856. The average molecular weight is 251 g/mol. The van der Waals surface area contributed by atoms with Crippen LogP contribution in [0.25, 0.3) is 0 Å². The minimum atomic E-state index is -0.745. The minimum absolute atomic E-state index is 0.00898. The largest absolute Gasteiger partial charge is 0.393 e. The third-order valence-electron chi connectivity index (χ3n) is 1.61. The highest BCUT2D eigenvalue weighted by molar-refractivity contribution is 9.10. The van der Waals surface area contributed by atoms with Gasteiger partial charge in [0.1, 0.15) is 11.6 Å². The van der Waals surface area contributed by atoms with Crippen molar-refractivity contribution >= 4 is 15.9 Å². The summed E-state index contributed by atoms with van der Waals surface area (Å²) in [6.07, 6.45) is -0.754. The van der Waals surface area contributed by atoms with Crippen molar-refractivity contribution in [2.75, 3.05) is 0 Å². The third-order valence-corrected chi connectivity index (χ3v) is 2.06. The summed E-state index contributed by atoms with van der Waals surface area (Å²) in [4.78, 5) is 0. The molecule has 1 N–H and O–H groups in total. The number of aliphatic hydroxyl groups excluding tert-OH is 1. The Labute approximate surface area is 83.5 Å². The Balaban J connectivity index is 3.06. The Kier molecular flexibility index (Phi) is 3.39. The van der Waals surface area contributed by atoms with Gasteiger partial charge in [0, 0.05) is 16.5 Å². The van der Waals surface area contributed by atoms with Crippen molar-refractivity contribution in [1.82, 2.24) is 0 Å². The van der Waals surface area contributed by atoms with Gasteiger partial charge in [0.25, 0.3) is 0 Å². The van der Waals surface area contributed by atoms with E-state index < -0.39 is 17.7 Å². The summed E-state index contributed by atoms with van der Waals surface area (Å²) >= 11 is 2.97. The normalized spacial score (nSPS) is 13.0. The zero-order chi connectivity index (χ0) is 10.0. The second-order valence-electron chi connectivity index (χ2n) is 2.90. The number of benzene rings is 1. The van der Waals surface area contributed by atoms with Crippen molar-refractivity contribution in [3.05, 3.63) is 33.8 Å². The fraction of sp³-hybridized carbons (Fsp3) is 0.333. The van der Waals surface area contributed by atoms with Crippen LogP contribution in [0.1, 0.15) is 12.5 Å². The van der Waals surface area contributed by atoms with E-state index in [1.54, 1.807) is 0 Å². The first-order chi connectivity index (χ1) is 6.00. The molecule has 0 aliphatic carbocycles. The molecule has 4 heteroatoms. The van der Waals surface area contributed by atoms with Crippen LogP contribution < -0.4 is 0 Å². The molecule has 0 saturated heterocycles. The minimum Gasteiger partial charge on any atom is -0.393 e. The Morgan fingerprint density at radius 2 is 1.85 bits per heavy atom. The van der Waals surface area contributed by atoms with Crippen LogP contribution in [0.3, 0.4) is 0 Å². The first-order valence-corrected chi connectivity index (χ1v) is 4.61. The average Bonchev–Trinajstić information content (AvgIpc) is 1.96. The van der Waals surface area contributed by atoms with Gasteiger partial charge in [0.2, 0.25) is 0 Å². The maximum absolute atomic E-state index is 13.1. The van der Waals surface area contributed by atoms with Gasteiger partial charge in [0.05, 0.1) is 6.10 Å². The van der Waals surface area contributed by atoms with E-state index in [2.05, 4.69) is 15.9 Å². The van der Waals surface area contributed by atoms with Crippen molar-refractivity contribution in [1.29, 1.82) is 0 Å². The van der Waals surface area contributed by atoms with Crippen LogP contribution >= 0.6 is 15.9 Å². The van der Waals surface area contributed by atoms with Crippen LogP contribution in [0, 0.1) is 11.6 Å². The van der Waals surface area contributed by atoms with Crippen molar-refractivity contribution in [3.63, 3.8) is 0 Å². The number of halogens is 3. The van der Waals surface area contributed by atoms with Crippen molar-refractivity contribution in [3.8, 4) is 0 Å². The van der Waals surface area contributed by atoms with Gasteiger partial charge < -0.3 is 5.11 Å². The monoisotopic (exact) mass is 250 g/mol. The molecule has 1 aromatic carbocycles. The molecule has 0 radical (unpaired) electrons. The molecule has 0 aromatic heterocycles. The van der Waals surface area contributed by atoms with Gasteiger partial charge in [0.15, 0.2) is 0 Å². The van der Waals surface area contributed by atoms with E-state index in [4.69, 9.17) is 5.11 Å². The lowest BCUT2D eigenvalue weighted by molar-refractivity contribution is 0.192. The fourth-order valence-electron chi connectivity index (χ4n) is 1.06. The molecule has 0 unspecified atom stereocenters. The van der Waals surface area contributed by atoms with Crippen LogP contribution in [-0.2, 0) is 6.42 Å². The number of rotatable bonds is 2. The third kappa shape index (κ3) is 2.74. The molecule has 0 heterocycles. The SMILES string of the molecule is C[C@@H](O)Cc1c(F)cc(Br)cc1F. The smallest absolute Gasteiger partial charge is 0.130 e. The van der Waals surface area contributed by atoms with Crippen LogP contribution in [0.4, 0.5) is 8.78 Å². The van der Waals surface area contributed by atoms with Gasteiger partial charge in [-0.1, -0.05) is 15.9 Å². The van der Waals surface area contributed by atoms with E-state index in [-0.39, 0.29) is 12.0 Å². The van der Waals surface area contributed by atoms with E-state index in [0.717, 1.165) is 0 Å². The van der Waals surface area contributed by atoms with Crippen LogP contribution in [0.2, 0.25) is 0 Å². The standard InChI is InChI=1S/C9H9BrF2O/c1-5(13)2-7-8(11)3-6(10)4-9(7)12/h3-5,13H,2H2,1H3/t5-/m1/s1. The number of hydrogen-bond donors (Lipinski definition) is 1. The predicted octanol–water partition coefficient (Wildman–Crippen LogP) is 2.65. The first-order valence-electron chi connectivity index (χ1n) is 3.82. The van der Waals surface area contributed by atoms with Crippen molar-refractivity contribution in [2.45, 2.75) is 19.4 Å². The fourth-order valence-corrected chi connectivity index (χ4v) is 1.46. The Bertz CT molecular complexity index is 289. The van der Waals surface area contributed by atoms with Gasteiger partial charge in [-0.2, -0.15) is 0 Å².